The Morgan fingerprint density at radius 2 is 1.88 bits per heavy atom. The van der Waals surface area contributed by atoms with Crippen molar-refractivity contribution in [3.05, 3.63) is 48.0 Å². The maximum Gasteiger partial charge on any atom is 0.209 e. The molecule has 0 spiro atoms. The SMILES string of the molecule is COc1ccc2cc(/C=C/C(=O)S)ccc2c1. The Morgan fingerprint density at radius 3 is 2.59 bits per heavy atom. The molecule has 17 heavy (non-hydrogen) atoms. The van der Waals surface area contributed by atoms with Crippen molar-refractivity contribution >= 4 is 34.6 Å². The van der Waals surface area contributed by atoms with Gasteiger partial charge < -0.3 is 4.74 Å². The van der Waals surface area contributed by atoms with Crippen LogP contribution in [0.5, 0.6) is 5.75 Å². The van der Waals surface area contributed by atoms with E-state index in [1.807, 2.05) is 36.4 Å². The van der Waals surface area contributed by atoms with E-state index in [-0.39, 0.29) is 5.12 Å². The van der Waals surface area contributed by atoms with Gasteiger partial charge in [-0.05, 0) is 40.6 Å². The number of thiol groups is 1. The van der Waals surface area contributed by atoms with Gasteiger partial charge in [0, 0.05) is 0 Å². The maximum absolute atomic E-state index is 10.7. The summed E-state index contributed by atoms with van der Waals surface area (Å²) < 4.78 is 5.16. The van der Waals surface area contributed by atoms with Gasteiger partial charge in [0.25, 0.3) is 0 Å². The minimum atomic E-state index is -0.250. The summed E-state index contributed by atoms with van der Waals surface area (Å²) in [6.07, 6.45) is 3.19. The van der Waals surface area contributed by atoms with Gasteiger partial charge in [-0.2, -0.15) is 0 Å². The molecule has 0 saturated heterocycles. The van der Waals surface area contributed by atoms with Crippen LogP contribution >= 0.6 is 12.6 Å². The number of hydrogen-bond donors (Lipinski definition) is 1. The first-order chi connectivity index (χ1) is 8.19. The molecule has 0 unspecified atom stereocenters. The summed E-state index contributed by atoms with van der Waals surface area (Å²) in [5, 5.41) is 1.97. The zero-order chi connectivity index (χ0) is 12.3. The number of benzene rings is 2. The molecule has 0 saturated carbocycles. The molecule has 0 bridgehead atoms. The highest BCUT2D eigenvalue weighted by molar-refractivity contribution is 7.97. The average molecular weight is 244 g/mol. The van der Waals surface area contributed by atoms with Crippen molar-refractivity contribution in [1.29, 1.82) is 0 Å². The number of fused-ring (bicyclic) bond motifs is 1. The number of rotatable bonds is 3. The van der Waals surface area contributed by atoms with Crippen LogP contribution in [0.25, 0.3) is 16.8 Å². The second-order valence-electron chi connectivity index (χ2n) is 3.64. The normalized spacial score (nSPS) is 10.9. The summed E-state index contributed by atoms with van der Waals surface area (Å²) in [5.41, 5.74) is 0.977. The van der Waals surface area contributed by atoms with Crippen molar-refractivity contribution < 1.29 is 9.53 Å². The lowest BCUT2D eigenvalue weighted by molar-refractivity contribution is -0.106. The molecule has 0 aliphatic rings. The number of hydrogen-bond acceptors (Lipinski definition) is 2. The van der Waals surface area contributed by atoms with E-state index in [1.54, 1.807) is 13.2 Å². The van der Waals surface area contributed by atoms with Gasteiger partial charge in [-0.15, -0.1) is 12.6 Å². The fourth-order valence-electron chi connectivity index (χ4n) is 1.64. The summed E-state index contributed by atoms with van der Waals surface area (Å²) in [7, 11) is 1.65. The smallest absolute Gasteiger partial charge is 0.209 e. The lowest BCUT2D eigenvalue weighted by atomic mass is 10.1. The Hall–Kier alpha value is -1.74. The fraction of sp³-hybridized carbons (Fsp3) is 0.0714. The van der Waals surface area contributed by atoms with E-state index in [2.05, 4.69) is 12.6 Å². The third-order valence-corrected chi connectivity index (χ3v) is 2.64. The molecule has 0 atom stereocenters. The van der Waals surface area contributed by atoms with Gasteiger partial charge in [0.2, 0.25) is 5.12 Å². The molecule has 3 heteroatoms. The molecule has 86 valence electrons. The van der Waals surface area contributed by atoms with Crippen molar-refractivity contribution in [3.63, 3.8) is 0 Å². The second kappa shape index (κ2) is 5.06. The van der Waals surface area contributed by atoms with Crippen LogP contribution in [-0.4, -0.2) is 12.2 Å². The molecule has 2 aromatic rings. The summed E-state index contributed by atoms with van der Waals surface area (Å²) in [6.45, 7) is 0. The van der Waals surface area contributed by atoms with E-state index in [0.717, 1.165) is 22.1 Å². The topological polar surface area (TPSA) is 26.3 Å². The summed E-state index contributed by atoms with van der Waals surface area (Å²) in [4.78, 5) is 10.7. The fourth-order valence-corrected chi connectivity index (χ4v) is 1.71. The van der Waals surface area contributed by atoms with Crippen LogP contribution in [-0.2, 0) is 4.79 Å². The predicted molar refractivity (Wildman–Crippen MR) is 73.5 cm³/mol. The van der Waals surface area contributed by atoms with Crippen LogP contribution in [0, 0.1) is 0 Å². The van der Waals surface area contributed by atoms with Crippen LogP contribution in [0.2, 0.25) is 0 Å². The summed E-state index contributed by atoms with van der Waals surface area (Å²) in [5.74, 6) is 0.839. The summed E-state index contributed by atoms with van der Waals surface area (Å²) in [6, 6.07) is 11.9. The Labute approximate surface area is 105 Å². The number of ether oxygens (including phenoxy) is 1. The Morgan fingerprint density at radius 1 is 1.18 bits per heavy atom. The minimum Gasteiger partial charge on any atom is -0.497 e. The third-order valence-electron chi connectivity index (χ3n) is 2.49. The minimum absolute atomic E-state index is 0.250. The van der Waals surface area contributed by atoms with Gasteiger partial charge in [0.15, 0.2) is 0 Å². The molecule has 0 aliphatic carbocycles. The Balaban J connectivity index is 2.41. The lowest BCUT2D eigenvalue weighted by Crippen LogP contribution is -1.83. The Bertz CT molecular complexity index is 588. The predicted octanol–water partition coefficient (Wildman–Crippen LogP) is 3.32. The molecule has 2 rings (SSSR count). The van der Waals surface area contributed by atoms with Crippen molar-refractivity contribution in [1.82, 2.24) is 0 Å². The number of carbonyl (C=O) groups excluding carboxylic acids is 1. The quantitative estimate of drug-likeness (QED) is 0.662. The largest absolute Gasteiger partial charge is 0.497 e. The van der Waals surface area contributed by atoms with Gasteiger partial charge in [0.1, 0.15) is 5.75 Å². The average Bonchev–Trinajstić information content (AvgIpc) is 2.35. The van der Waals surface area contributed by atoms with Crippen LogP contribution in [0.15, 0.2) is 42.5 Å². The first-order valence-corrected chi connectivity index (χ1v) is 5.62. The zero-order valence-electron chi connectivity index (χ0n) is 9.38. The van der Waals surface area contributed by atoms with Gasteiger partial charge >= 0.3 is 0 Å². The molecule has 2 aromatic carbocycles. The van der Waals surface area contributed by atoms with Gasteiger partial charge in [-0.25, -0.2) is 0 Å². The molecule has 0 aromatic heterocycles. The molecule has 0 N–H and O–H groups in total. The third kappa shape index (κ3) is 2.88. The molecule has 0 fully saturated rings. The van der Waals surface area contributed by atoms with Crippen molar-refractivity contribution in [2.75, 3.05) is 7.11 Å². The van der Waals surface area contributed by atoms with Crippen molar-refractivity contribution in [2.45, 2.75) is 0 Å². The molecule has 0 radical (unpaired) electrons. The van der Waals surface area contributed by atoms with Crippen LogP contribution in [0.3, 0.4) is 0 Å². The Kier molecular flexibility index (Phi) is 3.49. The standard InChI is InChI=1S/C14H12O2S/c1-16-13-6-5-11-8-10(3-7-14(15)17)2-4-12(11)9-13/h2-9H,1H3,(H,15,17)/b7-3+. The van der Waals surface area contributed by atoms with Gasteiger partial charge in [-0.1, -0.05) is 24.3 Å². The van der Waals surface area contributed by atoms with E-state index in [0.29, 0.717) is 0 Å². The highest BCUT2D eigenvalue weighted by Gasteiger charge is 1.97. The van der Waals surface area contributed by atoms with Crippen molar-refractivity contribution in [2.24, 2.45) is 0 Å². The van der Waals surface area contributed by atoms with Crippen LogP contribution < -0.4 is 4.74 Å². The summed E-state index contributed by atoms with van der Waals surface area (Å²) >= 11 is 3.69. The number of carbonyl (C=O) groups is 1. The van der Waals surface area contributed by atoms with Gasteiger partial charge in [-0.3, -0.25) is 4.79 Å². The van der Waals surface area contributed by atoms with E-state index < -0.39 is 0 Å². The van der Waals surface area contributed by atoms with E-state index in [4.69, 9.17) is 4.74 Å². The van der Waals surface area contributed by atoms with Crippen molar-refractivity contribution in [3.8, 4) is 5.75 Å². The molecule has 0 amide bonds. The van der Waals surface area contributed by atoms with Crippen LogP contribution in [0.4, 0.5) is 0 Å². The lowest BCUT2D eigenvalue weighted by Gasteiger charge is -2.03. The maximum atomic E-state index is 10.7. The van der Waals surface area contributed by atoms with Crippen LogP contribution in [0.1, 0.15) is 5.56 Å². The molecule has 2 nitrogen and oxygen atoms in total. The first kappa shape index (κ1) is 11.7. The molecular weight excluding hydrogens is 232 g/mol. The zero-order valence-corrected chi connectivity index (χ0v) is 10.3. The first-order valence-electron chi connectivity index (χ1n) is 5.18. The highest BCUT2D eigenvalue weighted by atomic mass is 32.1. The van der Waals surface area contributed by atoms with E-state index in [1.165, 1.54) is 6.08 Å². The second-order valence-corrected chi connectivity index (χ2v) is 4.08. The van der Waals surface area contributed by atoms with E-state index in [9.17, 15) is 4.79 Å². The monoisotopic (exact) mass is 244 g/mol. The number of methoxy groups -OCH3 is 1. The molecule has 0 heterocycles. The van der Waals surface area contributed by atoms with Gasteiger partial charge in [0.05, 0.1) is 7.11 Å². The molecular formula is C14H12O2S. The molecule has 0 aliphatic heterocycles. The highest BCUT2D eigenvalue weighted by Crippen LogP contribution is 2.22. The van der Waals surface area contributed by atoms with E-state index >= 15 is 0 Å².